The highest BCUT2D eigenvalue weighted by Gasteiger charge is 2.55. The fraction of sp³-hybridized carbons (Fsp3) is 0.615. The van der Waals surface area contributed by atoms with E-state index in [1.165, 1.54) is 0 Å². The molecule has 3 heterocycles. The quantitative estimate of drug-likeness (QED) is 0.810. The van der Waals surface area contributed by atoms with Gasteiger partial charge < -0.3 is 14.7 Å². The number of hydrogen-bond donors (Lipinski definition) is 2. The van der Waals surface area contributed by atoms with Gasteiger partial charge in [-0.25, -0.2) is 0 Å². The molecule has 7 heteroatoms. The Balaban J connectivity index is 1.84. The van der Waals surface area contributed by atoms with Gasteiger partial charge in [-0.3, -0.25) is 14.7 Å². The van der Waals surface area contributed by atoms with E-state index in [9.17, 15) is 14.7 Å². The fourth-order valence-corrected chi connectivity index (χ4v) is 3.14. The van der Waals surface area contributed by atoms with Gasteiger partial charge in [-0.1, -0.05) is 0 Å². The van der Waals surface area contributed by atoms with Crippen LogP contribution in [0, 0.1) is 18.3 Å². The van der Waals surface area contributed by atoms with Crippen LogP contribution >= 0.6 is 0 Å². The lowest BCUT2D eigenvalue weighted by molar-refractivity contribution is -0.157. The summed E-state index contributed by atoms with van der Waals surface area (Å²) in [6.07, 6.45) is 0.455. The normalized spacial score (nSPS) is 29.2. The summed E-state index contributed by atoms with van der Waals surface area (Å²) in [6.45, 7) is 3.31. The first kappa shape index (κ1) is 13.1. The average Bonchev–Trinajstić information content (AvgIpc) is 3.02. The maximum Gasteiger partial charge on any atom is 0.311 e. The van der Waals surface area contributed by atoms with Crippen molar-refractivity contribution < 1.29 is 19.4 Å². The van der Waals surface area contributed by atoms with Gasteiger partial charge in [-0.05, 0) is 19.4 Å². The average molecular weight is 279 g/mol. The number of aryl methyl sites for hydroxylation is 1. The molecule has 1 aromatic rings. The Morgan fingerprint density at radius 2 is 2.40 bits per heavy atom. The van der Waals surface area contributed by atoms with Crippen LogP contribution in [-0.2, 0) is 9.53 Å². The zero-order valence-electron chi connectivity index (χ0n) is 11.3. The maximum atomic E-state index is 12.4. The molecule has 2 N–H and O–H groups in total. The van der Waals surface area contributed by atoms with E-state index in [-0.39, 0.29) is 18.4 Å². The highest BCUT2D eigenvalue weighted by atomic mass is 16.5. The van der Waals surface area contributed by atoms with Crippen molar-refractivity contribution in [2.75, 3.05) is 26.3 Å². The predicted octanol–water partition coefficient (Wildman–Crippen LogP) is 0.281. The van der Waals surface area contributed by atoms with E-state index in [2.05, 4.69) is 10.2 Å². The number of rotatable bonds is 2. The lowest BCUT2D eigenvalue weighted by Crippen LogP contribution is -2.45. The molecule has 0 unspecified atom stereocenters. The van der Waals surface area contributed by atoms with Crippen LogP contribution in [0.2, 0.25) is 0 Å². The van der Waals surface area contributed by atoms with Gasteiger partial charge >= 0.3 is 5.97 Å². The third-order valence-electron chi connectivity index (χ3n) is 4.34. The first-order valence-corrected chi connectivity index (χ1v) is 6.65. The molecule has 0 radical (unpaired) electrons. The number of aromatic nitrogens is 2. The summed E-state index contributed by atoms with van der Waals surface area (Å²) >= 11 is 0. The number of amides is 1. The second-order valence-corrected chi connectivity index (χ2v) is 5.61. The molecule has 0 aromatic carbocycles. The number of carboxylic acid groups (broad SMARTS) is 1. The minimum Gasteiger partial charge on any atom is -0.481 e. The molecule has 1 aromatic heterocycles. The Morgan fingerprint density at radius 3 is 3.00 bits per heavy atom. The van der Waals surface area contributed by atoms with E-state index >= 15 is 0 Å². The number of carbonyl (C=O) groups excluding carboxylic acids is 1. The summed E-state index contributed by atoms with van der Waals surface area (Å²) < 4.78 is 5.37. The standard InChI is InChI=1S/C13H17N3O4/c1-8-4-10(15-14-8)11(17)16-5-9-6-20-3-2-13(9,7-16)12(18)19/h4,9H,2-3,5-7H2,1H3,(H,14,15)(H,18,19)/t9-,13+/m0/s1. The summed E-state index contributed by atoms with van der Waals surface area (Å²) in [5.74, 6) is -1.19. The van der Waals surface area contributed by atoms with Crippen molar-refractivity contribution in [1.29, 1.82) is 0 Å². The van der Waals surface area contributed by atoms with Gasteiger partial charge in [0.15, 0.2) is 0 Å². The van der Waals surface area contributed by atoms with E-state index in [0.29, 0.717) is 31.9 Å². The zero-order chi connectivity index (χ0) is 14.3. The maximum absolute atomic E-state index is 12.4. The second-order valence-electron chi connectivity index (χ2n) is 5.61. The summed E-state index contributed by atoms with van der Waals surface area (Å²) in [5, 5.41) is 16.2. The number of ether oxygens (including phenoxy) is 1. The molecule has 2 aliphatic heterocycles. The van der Waals surface area contributed by atoms with Crippen LogP contribution in [0.25, 0.3) is 0 Å². The minimum absolute atomic E-state index is 0.141. The Hall–Kier alpha value is -1.89. The summed E-state index contributed by atoms with van der Waals surface area (Å²) in [5.41, 5.74) is 0.281. The molecule has 108 valence electrons. The van der Waals surface area contributed by atoms with Gasteiger partial charge in [0.05, 0.1) is 12.0 Å². The molecular formula is C13H17N3O4. The number of fused-ring (bicyclic) bond motifs is 1. The lowest BCUT2D eigenvalue weighted by Gasteiger charge is -2.33. The Labute approximate surface area is 115 Å². The van der Waals surface area contributed by atoms with Crippen molar-refractivity contribution in [1.82, 2.24) is 15.1 Å². The van der Waals surface area contributed by atoms with E-state index in [1.807, 2.05) is 6.92 Å². The predicted molar refractivity (Wildman–Crippen MR) is 68.2 cm³/mol. The molecule has 2 saturated heterocycles. The van der Waals surface area contributed by atoms with Crippen molar-refractivity contribution in [2.45, 2.75) is 13.3 Å². The van der Waals surface area contributed by atoms with Gasteiger partial charge in [0.1, 0.15) is 5.69 Å². The number of aromatic amines is 1. The zero-order valence-corrected chi connectivity index (χ0v) is 11.3. The molecule has 2 atom stereocenters. The summed E-state index contributed by atoms with van der Waals surface area (Å²) in [7, 11) is 0. The van der Waals surface area contributed by atoms with E-state index in [1.54, 1.807) is 11.0 Å². The number of aliphatic carboxylic acids is 1. The topological polar surface area (TPSA) is 95.5 Å². The van der Waals surface area contributed by atoms with Gasteiger partial charge in [-0.2, -0.15) is 5.10 Å². The van der Waals surface area contributed by atoms with Gasteiger partial charge in [0.2, 0.25) is 0 Å². The fourth-order valence-electron chi connectivity index (χ4n) is 3.14. The van der Waals surface area contributed by atoms with E-state index in [0.717, 1.165) is 5.69 Å². The SMILES string of the molecule is Cc1cc(C(=O)N2C[C@H]3COCC[C@@]3(C(=O)O)C2)n[nH]1. The molecule has 7 nitrogen and oxygen atoms in total. The van der Waals surface area contributed by atoms with Crippen molar-refractivity contribution in [3.05, 3.63) is 17.5 Å². The van der Waals surface area contributed by atoms with Crippen LogP contribution in [0.3, 0.4) is 0 Å². The van der Waals surface area contributed by atoms with Gasteiger partial charge in [0, 0.05) is 31.3 Å². The van der Waals surface area contributed by atoms with Crippen molar-refractivity contribution in [2.24, 2.45) is 11.3 Å². The molecule has 20 heavy (non-hydrogen) atoms. The van der Waals surface area contributed by atoms with Crippen molar-refractivity contribution in [3.8, 4) is 0 Å². The molecule has 0 aliphatic carbocycles. The molecular weight excluding hydrogens is 262 g/mol. The van der Waals surface area contributed by atoms with Gasteiger partial charge in [-0.15, -0.1) is 0 Å². The molecule has 0 bridgehead atoms. The largest absolute Gasteiger partial charge is 0.481 e. The number of carbonyl (C=O) groups is 2. The number of H-pyrrole nitrogens is 1. The van der Waals surface area contributed by atoms with Crippen LogP contribution in [0.5, 0.6) is 0 Å². The molecule has 0 saturated carbocycles. The van der Waals surface area contributed by atoms with Crippen molar-refractivity contribution >= 4 is 11.9 Å². The van der Waals surface area contributed by atoms with Crippen molar-refractivity contribution in [3.63, 3.8) is 0 Å². The Morgan fingerprint density at radius 1 is 1.60 bits per heavy atom. The molecule has 2 aliphatic rings. The molecule has 1 amide bonds. The van der Waals surface area contributed by atoms with E-state index < -0.39 is 11.4 Å². The Bertz CT molecular complexity index is 556. The minimum atomic E-state index is -0.862. The highest BCUT2D eigenvalue weighted by molar-refractivity contribution is 5.93. The first-order valence-electron chi connectivity index (χ1n) is 6.65. The monoisotopic (exact) mass is 279 g/mol. The number of carboxylic acids is 1. The van der Waals surface area contributed by atoms with Gasteiger partial charge in [0.25, 0.3) is 5.91 Å². The molecule has 3 rings (SSSR count). The summed E-state index contributed by atoms with van der Waals surface area (Å²) in [6, 6.07) is 1.67. The second kappa shape index (κ2) is 4.59. The molecule has 2 fully saturated rings. The van der Waals surface area contributed by atoms with Crippen LogP contribution < -0.4 is 0 Å². The first-order chi connectivity index (χ1) is 9.53. The third-order valence-corrected chi connectivity index (χ3v) is 4.34. The smallest absolute Gasteiger partial charge is 0.311 e. The lowest BCUT2D eigenvalue weighted by atomic mass is 9.74. The number of hydrogen-bond acceptors (Lipinski definition) is 4. The van der Waals surface area contributed by atoms with Crippen LogP contribution in [0.15, 0.2) is 6.07 Å². The number of likely N-dealkylation sites (tertiary alicyclic amines) is 1. The highest BCUT2D eigenvalue weighted by Crippen LogP contribution is 2.42. The van der Waals surface area contributed by atoms with E-state index in [4.69, 9.17) is 4.74 Å². The number of nitrogens with zero attached hydrogens (tertiary/aromatic N) is 2. The van der Waals surface area contributed by atoms with Crippen LogP contribution in [0.4, 0.5) is 0 Å². The Kier molecular flexibility index (Phi) is 3.01. The third kappa shape index (κ3) is 1.89. The number of nitrogens with one attached hydrogen (secondary N) is 1. The summed E-state index contributed by atoms with van der Waals surface area (Å²) in [4.78, 5) is 25.6. The van der Waals surface area contributed by atoms with Crippen LogP contribution in [-0.4, -0.2) is 58.4 Å². The van der Waals surface area contributed by atoms with Crippen LogP contribution in [0.1, 0.15) is 22.6 Å². The molecule has 0 spiro atoms.